The Balaban J connectivity index is 1.67. The van der Waals surface area contributed by atoms with Gasteiger partial charge in [0.2, 0.25) is 0 Å². The van der Waals surface area contributed by atoms with Crippen LogP contribution in [-0.2, 0) is 6.54 Å². The normalized spacial score (nSPS) is 27.6. The smallest absolute Gasteiger partial charge is 0.138 e. The molecule has 3 heterocycles. The van der Waals surface area contributed by atoms with Gasteiger partial charge >= 0.3 is 0 Å². The number of aromatic nitrogens is 1. The summed E-state index contributed by atoms with van der Waals surface area (Å²) in [4.78, 5) is 5.36. The van der Waals surface area contributed by atoms with E-state index in [1.54, 1.807) is 0 Å². The minimum atomic E-state index is 0.738. The summed E-state index contributed by atoms with van der Waals surface area (Å²) in [6.07, 6.45) is 2.64. The summed E-state index contributed by atoms with van der Waals surface area (Å²) in [5.41, 5.74) is 2.36. The van der Waals surface area contributed by atoms with Crippen LogP contribution in [0.3, 0.4) is 0 Å². The fraction of sp³-hybridized carbons (Fsp3) is 0.812. The summed E-state index contributed by atoms with van der Waals surface area (Å²) in [5.74, 6) is 1.76. The lowest BCUT2D eigenvalue weighted by Gasteiger charge is -2.26. The van der Waals surface area contributed by atoms with Crippen molar-refractivity contribution in [1.29, 1.82) is 0 Å². The highest BCUT2D eigenvalue weighted by Gasteiger charge is 2.42. The molecule has 2 aliphatic heterocycles. The summed E-state index contributed by atoms with van der Waals surface area (Å²) in [7, 11) is 0. The van der Waals surface area contributed by atoms with Crippen LogP contribution in [0.5, 0.6) is 0 Å². The predicted octanol–water partition coefficient (Wildman–Crippen LogP) is 2.60. The molecule has 0 aliphatic carbocycles. The van der Waals surface area contributed by atoms with E-state index in [0.29, 0.717) is 0 Å². The van der Waals surface area contributed by atoms with Crippen LogP contribution in [0.25, 0.3) is 0 Å². The second-order valence-corrected chi connectivity index (χ2v) is 6.87. The van der Waals surface area contributed by atoms with Crippen LogP contribution in [0.1, 0.15) is 43.7 Å². The van der Waals surface area contributed by atoms with Crippen LogP contribution in [0.2, 0.25) is 0 Å². The number of hydrogen-bond donors (Lipinski definition) is 0. The molecule has 0 spiro atoms. The molecule has 1 aromatic heterocycles. The molecule has 3 rings (SSSR count). The first-order valence-corrected chi connectivity index (χ1v) is 7.96. The van der Waals surface area contributed by atoms with E-state index >= 15 is 0 Å². The minimum Gasteiger partial charge on any atom is -0.361 e. The number of likely N-dealkylation sites (tertiary alicyclic amines) is 2. The zero-order valence-electron chi connectivity index (χ0n) is 13.2. The molecule has 1 aromatic rings. The number of aryl methyl sites for hydroxylation is 2. The van der Waals surface area contributed by atoms with Gasteiger partial charge in [-0.2, -0.15) is 0 Å². The van der Waals surface area contributed by atoms with Crippen molar-refractivity contribution in [3.63, 3.8) is 0 Å². The molecule has 2 aliphatic rings. The molecular weight excluding hydrogens is 250 g/mol. The standard InChI is InChI=1S/C16H27N3O/c1-11(2)9-18-7-5-16-15(18)6-8-19(16)10-14-12(3)17-20-13(14)4/h11,15-16H,5-10H2,1-4H3. The van der Waals surface area contributed by atoms with E-state index in [2.05, 4.69) is 35.7 Å². The zero-order chi connectivity index (χ0) is 14.3. The van der Waals surface area contributed by atoms with Gasteiger partial charge in [0.05, 0.1) is 5.69 Å². The fourth-order valence-electron chi connectivity index (χ4n) is 3.99. The van der Waals surface area contributed by atoms with Crippen LogP contribution in [0.4, 0.5) is 0 Å². The van der Waals surface area contributed by atoms with Crippen molar-refractivity contribution in [1.82, 2.24) is 15.0 Å². The molecule has 4 nitrogen and oxygen atoms in total. The Hall–Kier alpha value is -0.870. The van der Waals surface area contributed by atoms with Crippen LogP contribution in [-0.4, -0.2) is 46.7 Å². The fourth-order valence-corrected chi connectivity index (χ4v) is 3.99. The Labute approximate surface area is 122 Å². The lowest BCUT2D eigenvalue weighted by atomic mass is 10.1. The average Bonchev–Trinajstić information content (AvgIpc) is 3.03. The molecule has 20 heavy (non-hydrogen) atoms. The first kappa shape index (κ1) is 14.1. The molecule has 0 N–H and O–H groups in total. The lowest BCUT2D eigenvalue weighted by molar-refractivity contribution is 0.203. The van der Waals surface area contributed by atoms with Gasteiger partial charge in [-0.15, -0.1) is 0 Å². The monoisotopic (exact) mass is 277 g/mol. The maximum absolute atomic E-state index is 5.30. The first-order valence-electron chi connectivity index (χ1n) is 7.96. The van der Waals surface area contributed by atoms with Crippen LogP contribution in [0.15, 0.2) is 4.52 Å². The molecule has 2 atom stereocenters. The highest BCUT2D eigenvalue weighted by molar-refractivity contribution is 5.21. The van der Waals surface area contributed by atoms with E-state index in [9.17, 15) is 0 Å². The maximum Gasteiger partial charge on any atom is 0.138 e. The third-order valence-corrected chi connectivity index (χ3v) is 4.95. The van der Waals surface area contributed by atoms with Gasteiger partial charge in [-0.25, -0.2) is 0 Å². The number of rotatable bonds is 4. The molecular formula is C16H27N3O. The summed E-state index contributed by atoms with van der Waals surface area (Å²) in [6, 6.07) is 1.51. The molecule has 2 saturated heterocycles. The van der Waals surface area contributed by atoms with E-state index in [4.69, 9.17) is 4.52 Å². The van der Waals surface area contributed by atoms with E-state index < -0.39 is 0 Å². The Kier molecular flexibility index (Phi) is 3.87. The summed E-state index contributed by atoms with van der Waals surface area (Å²) < 4.78 is 5.30. The van der Waals surface area contributed by atoms with Gasteiger partial charge in [0.15, 0.2) is 0 Å². The van der Waals surface area contributed by atoms with Gasteiger partial charge in [0.25, 0.3) is 0 Å². The van der Waals surface area contributed by atoms with Gasteiger partial charge in [-0.3, -0.25) is 9.80 Å². The third-order valence-electron chi connectivity index (χ3n) is 4.95. The third kappa shape index (κ3) is 2.51. The van der Waals surface area contributed by atoms with E-state index in [1.165, 1.54) is 38.0 Å². The quantitative estimate of drug-likeness (QED) is 0.847. The number of fused-ring (bicyclic) bond motifs is 1. The van der Waals surface area contributed by atoms with E-state index in [-0.39, 0.29) is 0 Å². The summed E-state index contributed by atoms with van der Waals surface area (Å²) in [6.45, 7) is 13.5. The topological polar surface area (TPSA) is 32.5 Å². The Morgan fingerprint density at radius 3 is 2.40 bits per heavy atom. The van der Waals surface area contributed by atoms with E-state index in [1.807, 2.05) is 6.92 Å². The molecule has 0 amide bonds. The lowest BCUT2D eigenvalue weighted by Crippen LogP contribution is -2.37. The van der Waals surface area contributed by atoms with Crippen molar-refractivity contribution in [3.05, 3.63) is 17.0 Å². The number of nitrogens with zero attached hydrogens (tertiary/aromatic N) is 3. The Morgan fingerprint density at radius 2 is 1.80 bits per heavy atom. The van der Waals surface area contributed by atoms with Crippen molar-refractivity contribution < 1.29 is 4.52 Å². The van der Waals surface area contributed by atoms with E-state index in [0.717, 1.165) is 36.0 Å². The van der Waals surface area contributed by atoms with Gasteiger partial charge < -0.3 is 4.52 Å². The number of hydrogen-bond acceptors (Lipinski definition) is 4. The highest BCUT2D eigenvalue weighted by Crippen LogP contribution is 2.33. The molecule has 4 heteroatoms. The predicted molar refractivity (Wildman–Crippen MR) is 79.6 cm³/mol. The highest BCUT2D eigenvalue weighted by atomic mass is 16.5. The molecule has 0 radical (unpaired) electrons. The van der Waals surface area contributed by atoms with Gasteiger partial charge in [-0.05, 0) is 32.6 Å². The summed E-state index contributed by atoms with van der Waals surface area (Å²) in [5, 5.41) is 4.09. The first-order chi connectivity index (χ1) is 9.56. The van der Waals surface area contributed by atoms with Crippen molar-refractivity contribution >= 4 is 0 Å². The van der Waals surface area contributed by atoms with Crippen molar-refractivity contribution in [2.45, 2.75) is 59.2 Å². The summed E-state index contributed by atoms with van der Waals surface area (Å²) >= 11 is 0. The zero-order valence-corrected chi connectivity index (χ0v) is 13.2. The molecule has 2 unspecified atom stereocenters. The molecule has 0 aromatic carbocycles. The van der Waals surface area contributed by atoms with Gasteiger partial charge in [0.1, 0.15) is 5.76 Å². The van der Waals surface area contributed by atoms with Crippen LogP contribution in [0, 0.1) is 19.8 Å². The average molecular weight is 277 g/mol. The Bertz CT molecular complexity index is 449. The molecule has 0 saturated carbocycles. The van der Waals surface area contributed by atoms with Crippen LogP contribution < -0.4 is 0 Å². The van der Waals surface area contributed by atoms with Gasteiger partial charge in [0, 0.05) is 43.8 Å². The van der Waals surface area contributed by atoms with Gasteiger partial charge in [-0.1, -0.05) is 19.0 Å². The van der Waals surface area contributed by atoms with Crippen molar-refractivity contribution in [2.75, 3.05) is 19.6 Å². The SMILES string of the molecule is Cc1noc(C)c1CN1CCC2C1CCN2CC(C)C. The van der Waals surface area contributed by atoms with Crippen molar-refractivity contribution in [3.8, 4) is 0 Å². The largest absolute Gasteiger partial charge is 0.361 e. The second kappa shape index (κ2) is 5.49. The minimum absolute atomic E-state index is 0.738. The van der Waals surface area contributed by atoms with Crippen LogP contribution >= 0.6 is 0 Å². The second-order valence-electron chi connectivity index (χ2n) is 6.87. The molecule has 0 bridgehead atoms. The Morgan fingerprint density at radius 1 is 1.15 bits per heavy atom. The van der Waals surface area contributed by atoms with Crippen molar-refractivity contribution in [2.24, 2.45) is 5.92 Å². The molecule has 2 fully saturated rings. The molecule has 112 valence electrons. The maximum atomic E-state index is 5.30.